The summed E-state index contributed by atoms with van der Waals surface area (Å²) in [5.74, 6) is -0.00966. The van der Waals surface area contributed by atoms with E-state index < -0.39 is 6.04 Å². The Kier molecular flexibility index (Phi) is 4.50. The Balaban J connectivity index is 2.40. The van der Waals surface area contributed by atoms with Crippen LogP contribution in [0.3, 0.4) is 0 Å². The number of thiazole rings is 1. The molecule has 0 saturated heterocycles. The van der Waals surface area contributed by atoms with Gasteiger partial charge in [-0.05, 0) is 5.92 Å². The summed E-state index contributed by atoms with van der Waals surface area (Å²) in [5, 5.41) is 2.74. The number of hydrogen-bond acceptors (Lipinski definition) is 4. The maximum Gasteiger partial charge on any atom is 0.237 e. The number of hydrogen-bond donors (Lipinski definition) is 2. The number of aromatic nitrogens is 1. The molecular formula is C9H14ClN3OS. The summed E-state index contributed by atoms with van der Waals surface area (Å²) in [5.41, 5.74) is 5.68. The summed E-state index contributed by atoms with van der Waals surface area (Å²) in [6, 6.07) is -0.464. The number of nitrogens with two attached hydrogens (primary N) is 1. The van der Waals surface area contributed by atoms with Crippen LogP contribution in [0.5, 0.6) is 0 Å². The Morgan fingerprint density at radius 1 is 1.73 bits per heavy atom. The average Bonchev–Trinajstić information content (AvgIpc) is 2.59. The van der Waals surface area contributed by atoms with Gasteiger partial charge in [0.15, 0.2) is 4.47 Å². The highest BCUT2D eigenvalue weighted by molar-refractivity contribution is 7.15. The average molecular weight is 248 g/mol. The number of halogens is 1. The van der Waals surface area contributed by atoms with Crippen LogP contribution in [0.25, 0.3) is 0 Å². The summed E-state index contributed by atoms with van der Waals surface area (Å²) in [6.07, 6.45) is 1.65. The monoisotopic (exact) mass is 247 g/mol. The Hall–Kier alpha value is -0.650. The van der Waals surface area contributed by atoms with Crippen LogP contribution in [0, 0.1) is 5.92 Å². The number of nitrogens with one attached hydrogen (secondary N) is 1. The van der Waals surface area contributed by atoms with Gasteiger partial charge in [-0.25, -0.2) is 4.98 Å². The molecule has 0 radical (unpaired) electrons. The molecule has 0 bridgehead atoms. The molecule has 6 heteroatoms. The van der Waals surface area contributed by atoms with Crippen molar-refractivity contribution in [3.05, 3.63) is 15.5 Å². The first-order valence-electron chi connectivity index (χ1n) is 4.64. The molecule has 0 spiro atoms. The first-order valence-corrected chi connectivity index (χ1v) is 5.83. The van der Waals surface area contributed by atoms with Crippen LogP contribution in [0.1, 0.15) is 18.7 Å². The molecule has 1 amide bonds. The molecule has 15 heavy (non-hydrogen) atoms. The van der Waals surface area contributed by atoms with Crippen LogP contribution in [-0.2, 0) is 11.3 Å². The quantitative estimate of drug-likeness (QED) is 0.845. The molecule has 1 atom stereocenters. The maximum atomic E-state index is 11.5. The molecule has 1 heterocycles. The third-order valence-electron chi connectivity index (χ3n) is 1.98. The molecule has 0 fully saturated rings. The van der Waals surface area contributed by atoms with Gasteiger partial charge in [-0.1, -0.05) is 25.4 Å². The van der Waals surface area contributed by atoms with Crippen molar-refractivity contribution < 1.29 is 4.79 Å². The molecule has 0 aromatic carbocycles. The second kappa shape index (κ2) is 5.44. The van der Waals surface area contributed by atoms with Gasteiger partial charge in [0.2, 0.25) is 5.91 Å². The topological polar surface area (TPSA) is 68.0 Å². The predicted octanol–water partition coefficient (Wildman–Crippen LogP) is 1.40. The van der Waals surface area contributed by atoms with Gasteiger partial charge in [0.25, 0.3) is 0 Å². The summed E-state index contributed by atoms with van der Waals surface area (Å²) < 4.78 is 0.479. The number of carbonyl (C=O) groups is 1. The Morgan fingerprint density at radius 3 is 2.87 bits per heavy atom. The molecule has 0 aliphatic rings. The summed E-state index contributed by atoms with van der Waals surface area (Å²) in [4.78, 5) is 16.3. The Bertz CT molecular complexity index is 340. The van der Waals surface area contributed by atoms with E-state index in [9.17, 15) is 4.79 Å². The van der Waals surface area contributed by atoms with Gasteiger partial charge < -0.3 is 11.1 Å². The molecule has 1 aromatic heterocycles. The van der Waals surface area contributed by atoms with Crippen molar-refractivity contribution >= 4 is 28.8 Å². The highest BCUT2D eigenvalue weighted by atomic mass is 35.5. The smallest absolute Gasteiger partial charge is 0.237 e. The number of rotatable bonds is 4. The first-order chi connectivity index (χ1) is 7.00. The van der Waals surface area contributed by atoms with Crippen LogP contribution in [0.15, 0.2) is 6.20 Å². The zero-order valence-electron chi connectivity index (χ0n) is 8.66. The molecule has 0 aliphatic carbocycles. The van der Waals surface area contributed by atoms with Crippen LogP contribution >= 0.6 is 22.9 Å². The van der Waals surface area contributed by atoms with Crippen LogP contribution in [-0.4, -0.2) is 16.9 Å². The zero-order chi connectivity index (χ0) is 11.4. The molecule has 4 nitrogen and oxygen atoms in total. The SMILES string of the molecule is CC(C)[C@H](N)C(=O)NCc1cnc(Cl)s1. The van der Waals surface area contributed by atoms with E-state index >= 15 is 0 Å². The van der Waals surface area contributed by atoms with Crippen molar-refractivity contribution in [1.29, 1.82) is 0 Å². The molecule has 1 rings (SSSR count). The standard InChI is InChI=1S/C9H14ClN3OS/c1-5(2)7(11)8(14)12-3-6-4-13-9(10)15-6/h4-5,7H,3,11H2,1-2H3,(H,12,14)/t7-/m0/s1. The van der Waals surface area contributed by atoms with Gasteiger partial charge in [0.1, 0.15) is 0 Å². The maximum absolute atomic E-state index is 11.5. The number of amides is 1. The first kappa shape index (κ1) is 12.4. The molecule has 0 unspecified atom stereocenters. The van der Waals surface area contributed by atoms with Gasteiger partial charge in [-0.15, -0.1) is 11.3 Å². The van der Waals surface area contributed by atoms with Gasteiger partial charge in [-0.2, -0.15) is 0 Å². The fourth-order valence-corrected chi connectivity index (χ4v) is 1.88. The highest BCUT2D eigenvalue weighted by Gasteiger charge is 2.16. The highest BCUT2D eigenvalue weighted by Crippen LogP contribution is 2.17. The van der Waals surface area contributed by atoms with E-state index in [1.165, 1.54) is 11.3 Å². The van der Waals surface area contributed by atoms with Gasteiger partial charge in [0.05, 0.1) is 12.6 Å². The van der Waals surface area contributed by atoms with Crippen LogP contribution in [0.4, 0.5) is 0 Å². The van der Waals surface area contributed by atoms with Crippen molar-refractivity contribution in [3.63, 3.8) is 0 Å². The third-order valence-corrected chi connectivity index (χ3v) is 3.10. The number of nitrogens with zero attached hydrogens (tertiary/aromatic N) is 1. The van der Waals surface area contributed by atoms with Crippen molar-refractivity contribution in [3.8, 4) is 0 Å². The summed E-state index contributed by atoms with van der Waals surface area (Å²) >= 11 is 7.01. The van der Waals surface area contributed by atoms with E-state index in [0.29, 0.717) is 11.0 Å². The largest absolute Gasteiger partial charge is 0.350 e. The fourth-order valence-electron chi connectivity index (χ4n) is 0.960. The molecule has 0 saturated carbocycles. The van der Waals surface area contributed by atoms with E-state index in [4.69, 9.17) is 17.3 Å². The Labute approximate surface area is 97.8 Å². The van der Waals surface area contributed by atoms with Crippen molar-refractivity contribution in [2.45, 2.75) is 26.4 Å². The van der Waals surface area contributed by atoms with Gasteiger partial charge in [0, 0.05) is 11.1 Å². The van der Waals surface area contributed by atoms with E-state index in [1.54, 1.807) is 6.20 Å². The second-order valence-corrected chi connectivity index (χ2v) is 5.26. The molecular weight excluding hydrogens is 234 g/mol. The van der Waals surface area contributed by atoms with Crippen molar-refractivity contribution in [2.24, 2.45) is 11.7 Å². The van der Waals surface area contributed by atoms with E-state index in [-0.39, 0.29) is 11.8 Å². The van der Waals surface area contributed by atoms with Crippen molar-refractivity contribution in [2.75, 3.05) is 0 Å². The van der Waals surface area contributed by atoms with Crippen LogP contribution in [0.2, 0.25) is 4.47 Å². The molecule has 0 aliphatic heterocycles. The van der Waals surface area contributed by atoms with Crippen molar-refractivity contribution in [1.82, 2.24) is 10.3 Å². The fraction of sp³-hybridized carbons (Fsp3) is 0.556. The van der Waals surface area contributed by atoms with E-state index in [0.717, 1.165) is 4.88 Å². The number of carbonyl (C=O) groups excluding carboxylic acids is 1. The minimum atomic E-state index is -0.464. The minimum absolute atomic E-state index is 0.134. The lowest BCUT2D eigenvalue weighted by Crippen LogP contribution is -2.43. The molecule has 1 aromatic rings. The van der Waals surface area contributed by atoms with E-state index in [2.05, 4.69) is 10.3 Å². The summed E-state index contributed by atoms with van der Waals surface area (Å²) in [6.45, 7) is 4.26. The minimum Gasteiger partial charge on any atom is -0.350 e. The predicted molar refractivity (Wildman–Crippen MR) is 61.8 cm³/mol. The lowest BCUT2D eigenvalue weighted by atomic mass is 10.1. The zero-order valence-corrected chi connectivity index (χ0v) is 10.2. The van der Waals surface area contributed by atoms with Gasteiger partial charge >= 0.3 is 0 Å². The Morgan fingerprint density at radius 2 is 2.40 bits per heavy atom. The molecule has 84 valence electrons. The summed E-state index contributed by atoms with van der Waals surface area (Å²) in [7, 11) is 0. The lowest BCUT2D eigenvalue weighted by Gasteiger charge is -2.14. The lowest BCUT2D eigenvalue weighted by molar-refractivity contribution is -0.123. The van der Waals surface area contributed by atoms with Gasteiger partial charge in [-0.3, -0.25) is 4.79 Å². The van der Waals surface area contributed by atoms with Crippen LogP contribution < -0.4 is 11.1 Å². The van der Waals surface area contributed by atoms with E-state index in [1.807, 2.05) is 13.8 Å². The second-order valence-electron chi connectivity index (χ2n) is 3.57. The molecule has 3 N–H and O–H groups in total. The normalized spacial score (nSPS) is 12.9. The third kappa shape index (κ3) is 3.77.